The Morgan fingerprint density at radius 3 is 2.51 bits per heavy atom. The Balaban J connectivity index is 1.18. The number of ketones is 1. The van der Waals surface area contributed by atoms with E-state index in [1.807, 2.05) is 12.1 Å². The summed E-state index contributed by atoms with van der Waals surface area (Å²) in [4.78, 5) is 45.3. The van der Waals surface area contributed by atoms with E-state index in [2.05, 4.69) is 21.2 Å². The number of amidine groups is 1. The summed E-state index contributed by atoms with van der Waals surface area (Å²) >= 11 is 0. The number of hydrogen-bond acceptors (Lipinski definition) is 11. The molecule has 13 heteroatoms. The molecule has 1 saturated heterocycles. The molecular weight excluding hydrogens is 580 g/mol. The third kappa shape index (κ3) is 5.16. The van der Waals surface area contributed by atoms with Gasteiger partial charge in [0.05, 0.1) is 37.7 Å². The number of hydrogen-bond donors (Lipinski definition) is 3. The number of nitrogens with one attached hydrogen (secondary N) is 2. The van der Waals surface area contributed by atoms with Gasteiger partial charge >= 0.3 is 5.97 Å². The number of amides is 1. The van der Waals surface area contributed by atoms with Crippen LogP contribution >= 0.6 is 0 Å². The number of ether oxygens (including phenoxy) is 3. The van der Waals surface area contributed by atoms with Crippen molar-refractivity contribution in [2.75, 3.05) is 27.3 Å². The lowest BCUT2D eigenvalue weighted by Gasteiger charge is -2.44. The highest BCUT2D eigenvalue weighted by Crippen LogP contribution is 2.41. The Morgan fingerprint density at radius 1 is 1.09 bits per heavy atom. The van der Waals surface area contributed by atoms with E-state index in [9.17, 15) is 19.5 Å². The van der Waals surface area contributed by atoms with Crippen LogP contribution in [0.5, 0.6) is 17.2 Å². The van der Waals surface area contributed by atoms with Crippen LogP contribution in [0.3, 0.4) is 0 Å². The van der Waals surface area contributed by atoms with Crippen LogP contribution in [0, 0.1) is 5.41 Å². The van der Waals surface area contributed by atoms with Gasteiger partial charge in [0.2, 0.25) is 0 Å². The molecular formula is C32H36N6O7. The molecule has 0 aliphatic carbocycles. The first-order chi connectivity index (χ1) is 21.5. The fourth-order valence-corrected chi connectivity index (χ4v) is 6.05. The van der Waals surface area contributed by atoms with E-state index in [0.717, 1.165) is 5.39 Å². The van der Waals surface area contributed by atoms with Gasteiger partial charge in [-0.2, -0.15) is 0 Å². The van der Waals surface area contributed by atoms with Gasteiger partial charge in [-0.1, -0.05) is 6.07 Å². The lowest BCUT2D eigenvalue weighted by Crippen LogP contribution is -2.54. The van der Waals surface area contributed by atoms with Crippen molar-refractivity contribution in [3.05, 3.63) is 59.3 Å². The van der Waals surface area contributed by atoms with E-state index in [-0.39, 0.29) is 23.8 Å². The molecule has 3 aliphatic rings. The average molecular weight is 617 g/mol. The van der Waals surface area contributed by atoms with Crippen LogP contribution in [-0.2, 0) is 4.79 Å². The number of hydrazone groups is 1. The summed E-state index contributed by atoms with van der Waals surface area (Å²) in [6.45, 7) is 5.88. The zero-order valence-corrected chi connectivity index (χ0v) is 25.8. The SMILES string of the molecule is COc1cc(C(=O)N2CCC3(CC2)CC(=O)c2cc(C4=NNNN4C(C)C(C)(C)C(=O)O)ccc2O3)nc2c(OC)cccc12. The summed E-state index contributed by atoms with van der Waals surface area (Å²) in [5, 5.41) is 16.4. The van der Waals surface area contributed by atoms with Gasteiger partial charge in [-0.25, -0.2) is 10.5 Å². The first-order valence-electron chi connectivity index (χ1n) is 14.8. The number of carboxylic acids is 1. The van der Waals surface area contributed by atoms with Crippen molar-refractivity contribution in [3.8, 4) is 17.2 Å². The van der Waals surface area contributed by atoms with Gasteiger partial charge in [-0.3, -0.25) is 19.4 Å². The topological polar surface area (TPSA) is 155 Å². The van der Waals surface area contributed by atoms with E-state index in [4.69, 9.17) is 14.2 Å². The summed E-state index contributed by atoms with van der Waals surface area (Å²) < 4.78 is 17.5. The van der Waals surface area contributed by atoms with Crippen molar-refractivity contribution >= 4 is 34.4 Å². The van der Waals surface area contributed by atoms with Gasteiger partial charge in [-0.05, 0) is 51.1 Å². The van der Waals surface area contributed by atoms with E-state index < -0.39 is 23.0 Å². The van der Waals surface area contributed by atoms with Gasteiger partial charge in [0.15, 0.2) is 11.6 Å². The minimum absolute atomic E-state index is 0.0594. The van der Waals surface area contributed by atoms with Crippen LogP contribution in [0.4, 0.5) is 0 Å². The van der Waals surface area contributed by atoms with Crippen LogP contribution in [-0.4, -0.2) is 82.4 Å². The number of fused-ring (bicyclic) bond motifs is 2. The number of aromatic nitrogens is 1. The predicted molar refractivity (Wildman–Crippen MR) is 164 cm³/mol. The van der Waals surface area contributed by atoms with Crippen molar-refractivity contribution < 1.29 is 33.7 Å². The van der Waals surface area contributed by atoms with Gasteiger partial charge in [-0.15, -0.1) is 10.6 Å². The Hall–Kier alpha value is -4.91. The first-order valence-corrected chi connectivity index (χ1v) is 14.8. The molecule has 1 unspecified atom stereocenters. The number of carbonyl (C=O) groups is 3. The maximum Gasteiger partial charge on any atom is 0.311 e. The summed E-state index contributed by atoms with van der Waals surface area (Å²) in [6.07, 6.45) is 1.14. The molecule has 3 aliphatic heterocycles. The molecule has 3 aromatic rings. The van der Waals surface area contributed by atoms with Gasteiger partial charge < -0.3 is 24.2 Å². The van der Waals surface area contributed by atoms with E-state index in [0.29, 0.717) is 65.7 Å². The predicted octanol–water partition coefficient (Wildman–Crippen LogP) is 3.38. The number of para-hydroxylation sites is 1. The summed E-state index contributed by atoms with van der Waals surface area (Å²) in [5.41, 5.74) is 5.68. The summed E-state index contributed by atoms with van der Waals surface area (Å²) in [5.74, 6) is 0.801. The fraction of sp³-hybridized carbons (Fsp3) is 0.406. The van der Waals surface area contributed by atoms with Crippen molar-refractivity contribution in [2.24, 2.45) is 10.5 Å². The molecule has 2 aromatic carbocycles. The zero-order chi connectivity index (χ0) is 32.1. The number of aliphatic carboxylic acids is 1. The Kier molecular flexibility index (Phi) is 7.51. The molecule has 6 rings (SSSR count). The third-order valence-electron chi connectivity index (χ3n) is 9.28. The van der Waals surface area contributed by atoms with Gasteiger partial charge in [0.25, 0.3) is 5.91 Å². The molecule has 1 atom stereocenters. The number of carboxylic acid groups (broad SMARTS) is 1. The van der Waals surface area contributed by atoms with Crippen LogP contribution in [0.2, 0.25) is 0 Å². The Morgan fingerprint density at radius 2 is 1.82 bits per heavy atom. The number of likely N-dealkylation sites (tertiary alicyclic amines) is 1. The van der Waals surface area contributed by atoms with Crippen LogP contribution in [0.25, 0.3) is 10.9 Å². The lowest BCUT2D eigenvalue weighted by atomic mass is 9.82. The molecule has 1 spiro atoms. The molecule has 0 radical (unpaired) electrons. The minimum atomic E-state index is -1.08. The zero-order valence-electron chi connectivity index (χ0n) is 25.8. The van der Waals surface area contributed by atoms with Crippen molar-refractivity contribution in [3.63, 3.8) is 0 Å². The number of Topliss-reactive ketones (excluding diaryl/α,β-unsaturated/α-hetero) is 1. The van der Waals surface area contributed by atoms with Gasteiger partial charge in [0, 0.05) is 42.9 Å². The standard InChI is InChI=1S/C32H36N6O7/c1-18(31(2,3)30(41)42)38-28(34-35-36-38)19-9-10-24-21(15-19)23(39)17-32(45-24)11-13-37(14-12-32)29(40)22-16-26(44-5)20-7-6-8-25(43-4)27(20)33-22/h6-10,15-16,18,35-36H,11-14,17H2,1-5H3,(H,41,42). The molecule has 45 heavy (non-hydrogen) atoms. The number of pyridine rings is 1. The van der Waals surface area contributed by atoms with Crippen molar-refractivity contribution in [1.82, 2.24) is 26.0 Å². The van der Waals surface area contributed by atoms with Crippen LogP contribution < -0.4 is 25.3 Å². The quantitative estimate of drug-likeness (QED) is 0.358. The molecule has 236 valence electrons. The minimum Gasteiger partial charge on any atom is -0.496 e. The number of hydrazine groups is 2. The highest BCUT2D eigenvalue weighted by Gasteiger charge is 2.45. The number of piperidine rings is 1. The lowest BCUT2D eigenvalue weighted by molar-refractivity contribution is -0.150. The molecule has 4 heterocycles. The molecule has 1 fully saturated rings. The molecule has 3 N–H and O–H groups in total. The molecule has 1 aromatic heterocycles. The van der Waals surface area contributed by atoms with E-state index >= 15 is 0 Å². The average Bonchev–Trinajstić information content (AvgIpc) is 3.53. The second kappa shape index (κ2) is 11.2. The second-order valence-electron chi connectivity index (χ2n) is 12.2. The highest BCUT2D eigenvalue weighted by atomic mass is 16.5. The van der Waals surface area contributed by atoms with E-state index in [1.54, 1.807) is 75.2 Å². The number of carbonyl (C=O) groups excluding carboxylic acids is 2. The summed E-state index contributed by atoms with van der Waals surface area (Å²) in [7, 11) is 3.11. The van der Waals surface area contributed by atoms with Gasteiger partial charge in [0.1, 0.15) is 34.1 Å². The second-order valence-corrected chi connectivity index (χ2v) is 12.2. The van der Waals surface area contributed by atoms with Crippen LogP contribution in [0.15, 0.2) is 47.6 Å². The summed E-state index contributed by atoms with van der Waals surface area (Å²) in [6, 6.07) is 12.0. The smallest absolute Gasteiger partial charge is 0.311 e. The maximum absolute atomic E-state index is 13.6. The molecule has 0 bridgehead atoms. The fourth-order valence-electron chi connectivity index (χ4n) is 6.05. The molecule has 1 amide bonds. The third-order valence-corrected chi connectivity index (χ3v) is 9.28. The van der Waals surface area contributed by atoms with E-state index in [1.165, 1.54) is 0 Å². The molecule has 0 saturated carbocycles. The van der Waals surface area contributed by atoms with Crippen molar-refractivity contribution in [1.29, 1.82) is 0 Å². The highest BCUT2D eigenvalue weighted by molar-refractivity contribution is 6.05. The normalized spacial score (nSPS) is 18.2. The number of rotatable bonds is 7. The number of benzene rings is 2. The van der Waals surface area contributed by atoms with Crippen molar-refractivity contribution in [2.45, 2.75) is 51.7 Å². The maximum atomic E-state index is 13.6. The monoisotopic (exact) mass is 616 g/mol. The Bertz CT molecular complexity index is 1730. The first kappa shape index (κ1) is 30.1. The molecule has 13 nitrogen and oxygen atoms in total. The van der Waals surface area contributed by atoms with Crippen LogP contribution in [0.1, 0.15) is 66.4 Å². The number of methoxy groups -OCH3 is 2. The number of nitrogens with zero attached hydrogens (tertiary/aromatic N) is 4. The Labute approximate surface area is 260 Å². The largest absolute Gasteiger partial charge is 0.496 e.